The summed E-state index contributed by atoms with van der Waals surface area (Å²) in [4.78, 5) is 31.1. The summed E-state index contributed by atoms with van der Waals surface area (Å²) < 4.78 is 5.88. The lowest BCUT2D eigenvalue weighted by Gasteiger charge is -2.40. The number of aromatic nitrogens is 3. The molecular formula is C24H32N6O3. The second-order valence-electron chi connectivity index (χ2n) is 9.46. The Kier molecular flexibility index (Phi) is 6.66. The second-order valence-corrected chi connectivity index (χ2v) is 9.46. The van der Waals surface area contributed by atoms with Crippen molar-refractivity contribution < 1.29 is 14.0 Å². The maximum absolute atomic E-state index is 12.7. The van der Waals surface area contributed by atoms with E-state index in [1.165, 1.54) is 6.42 Å². The van der Waals surface area contributed by atoms with Gasteiger partial charge in [0.05, 0.1) is 17.6 Å². The third-order valence-corrected chi connectivity index (χ3v) is 7.26. The molecule has 0 spiro atoms. The molecule has 3 atom stereocenters. The van der Waals surface area contributed by atoms with Gasteiger partial charge < -0.3 is 14.6 Å². The summed E-state index contributed by atoms with van der Waals surface area (Å²) in [6.07, 6.45) is 11.5. The molecule has 3 fully saturated rings. The Morgan fingerprint density at radius 1 is 1.15 bits per heavy atom. The fraction of sp³-hybridized carbons (Fsp3) is 0.625. The van der Waals surface area contributed by atoms with Crippen molar-refractivity contribution in [2.45, 2.75) is 75.9 Å². The Labute approximate surface area is 193 Å². The van der Waals surface area contributed by atoms with Crippen molar-refractivity contribution in [3.63, 3.8) is 0 Å². The molecule has 33 heavy (non-hydrogen) atoms. The van der Waals surface area contributed by atoms with Crippen LogP contribution in [0.2, 0.25) is 0 Å². The average Bonchev–Trinajstić information content (AvgIpc) is 3.35. The third-order valence-electron chi connectivity index (χ3n) is 7.26. The summed E-state index contributed by atoms with van der Waals surface area (Å²) >= 11 is 0. The molecule has 2 saturated heterocycles. The monoisotopic (exact) mass is 452 g/mol. The van der Waals surface area contributed by atoms with Crippen molar-refractivity contribution >= 4 is 11.8 Å². The maximum atomic E-state index is 12.7. The van der Waals surface area contributed by atoms with Gasteiger partial charge in [-0.3, -0.25) is 19.9 Å². The van der Waals surface area contributed by atoms with E-state index < -0.39 is 0 Å². The summed E-state index contributed by atoms with van der Waals surface area (Å²) in [6.45, 7) is 1.41. The highest BCUT2D eigenvalue weighted by Gasteiger charge is 2.37. The summed E-state index contributed by atoms with van der Waals surface area (Å²) in [5, 5.41) is 15.1. The lowest BCUT2D eigenvalue weighted by molar-refractivity contribution is -0.132. The number of nitrogens with one attached hydrogen (secondary N) is 2. The zero-order valence-electron chi connectivity index (χ0n) is 18.9. The minimum atomic E-state index is -0.0121. The number of rotatable bonds is 6. The first kappa shape index (κ1) is 22.0. The highest BCUT2D eigenvalue weighted by molar-refractivity contribution is 5.80. The summed E-state index contributed by atoms with van der Waals surface area (Å²) in [5.41, 5.74) is 0.812. The Morgan fingerprint density at radius 3 is 2.82 bits per heavy atom. The molecular weight excluding hydrogens is 420 g/mol. The SMILES string of the molecule is O=C1NC(CCCC(=O)N2CCC(c3nnc(-c4cccnc4)o3)CC2)NC2CCCCC12. The number of likely N-dealkylation sites (tertiary alicyclic amines) is 1. The van der Waals surface area contributed by atoms with E-state index >= 15 is 0 Å². The minimum absolute atomic E-state index is 0.0121. The normalized spacial score (nSPS) is 26.0. The van der Waals surface area contributed by atoms with Gasteiger partial charge in [-0.25, -0.2) is 0 Å². The van der Waals surface area contributed by atoms with E-state index in [1.54, 1.807) is 12.4 Å². The minimum Gasteiger partial charge on any atom is -0.420 e. The smallest absolute Gasteiger partial charge is 0.249 e. The van der Waals surface area contributed by atoms with Crippen molar-refractivity contribution in [1.29, 1.82) is 0 Å². The molecule has 2 aromatic heterocycles. The van der Waals surface area contributed by atoms with E-state index in [4.69, 9.17) is 4.42 Å². The van der Waals surface area contributed by atoms with E-state index in [0.29, 0.717) is 37.3 Å². The van der Waals surface area contributed by atoms with Gasteiger partial charge in [-0.1, -0.05) is 12.8 Å². The van der Waals surface area contributed by atoms with Gasteiger partial charge in [0.25, 0.3) is 0 Å². The van der Waals surface area contributed by atoms with Crippen molar-refractivity contribution in [1.82, 2.24) is 30.7 Å². The molecule has 176 valence electrons. The van der Waals surface area contributed by atoms with Crippen LogP contribution in [0.3, 0.4) is 0 Å². The first-order valence-electron chi connectivity index (χ1n) is 12.3. The molecule has 2 amide bonds. The molecule has 9 heteroatoms. The Hall–Kier alpha value is -2.81. The molecule has 4 heterocycles. The van der Waals surface area contributed by atoms with Crippen LogP contribution in [0.1, 0.15) is 69.6 Å². The fourth-order valence-corrected chi connectivity index (χ4v) is 5.38. The second kappa shape index (κ2) is 9.99. The van der Waals surface area contributed by atoms with Gasteiger partial charge in [-0.2, -0.15) is 0 Å². The van der Waals surface area contributed by atoms with Crippen LogP contribution in [0.15, 0.2) is 28.9 Å². The van der Waals surface area contributed by atoms with Gasteiger partial charge in [-0.15, -0.1) is 10.2 Å². The van der Waals surface area contributed by atoms with Gasteiger partial charge in [0.15, 0.2) is 0 Å². The summed E-state index contributed by atoms with van der Waals surface area (Å²) in [5.74, 6) is 1.80. The molecule has 1 aliphatic carbocycles. The Bertz CT molecular complexity index is 956. The van der Waals surface area contributed by atoms with Crippen molar-refractivity contribution in [3.8, 4) is 11.5 Å². The average molecular weight is 453 g/mol. The number of carbonyl (C=O) groups is 2. The number of hydrogen-bond acceptors (Lipinski definition) is 7. The number of hydrogen-bond donors (Lipinski definition) is 2. The van der Waals surface area contributed by atoms with Gasteiger partial charge >= 0.3 is 0 Å². The van der Waals surface area contributed by atoms with Crippen molar-refractivity contribution in [2.24, 2.45) is 5.92 Å². The first-order chi connectivity index (χ1) is 16.2. The van der Waals surface area contributed by atoms with Crippen LogP contribution in [-0.4, -0.2) is 57.2 Å². The molecule has 0 aromatic carbocycles. The molecule has 0 bridgehead atoms. The summed E-state index contributed by atoms with van der Waals surface area (Å²) in [6, 6.07) is 4.04. The largest absolute Gasteiger partial charge is 0.420 e. The molecule has 3 aliphatic rings. The van der Waals surface area contributed by atoms with Gasteiger partial charge in [-0.05, 0) is 50.7 Å². The molecule has 2 aliphatic heterocycles. The molecule has 3 unspecified atom stereocenters. The summed E-state index contributed by atoms with van der Waals surface area (Å²) in [7, 11) is 0. The topological polar surface area (TPSA) is 113 Å². The van der Waals surface area contributed by atoms with Crippen LogP contribution >= 0.6 is 0 Å². The third kappa shape index (κ3) is 5.08. The molecule has 0 radical (unpaired) electrons. The number of amides is 2. The number of pyridine rings is 1. The number of nitrogens with zero attached hydrogens (tertiary/aromatic N) is 4. The van der Waals surface area contributed by atoms with Crippen LogP contribution in [0.4, 0.5) is 0 Å². The van der Waals surface area contributed by atoms with Crippen LogP contribution in [0.5, 0.6) is 0 Å². The van der Waals surface area contributed by atoms with Gasteiger partial charge in [0, 0.05) is 43.9 Å². The molecule has 5 rings (SSSR count). The predicted octanol–water partition coefficient (Wildman–Crippen LogP) is 2.61. The van der Waals surface area contributed by atoms with E-state index in [-0.39, 0.29) is 29.8 Å². The zero-order chi connectivity index (χ0) is 22.6. The first-order valence-corrected chi connectivity index (χ1v) is 12.3. The van der Waals surface area contributed by atoms with E-state index in [0.717, 1.165) is 50.5 Å². The predicted molar refractivity (Wildman–Crippen MR) is 121 cm³/mol. The Morgan fingerprint density at radius 2 is 2.00 bits per heavy atom. The molecule has 1 saturated carbocycles. The van der Waals surface area contributed by atoms with Crippen LogP contribution in [0, 0.1) is 5.92 Å². The quantitative estimate of drug-likeness (QED) is 0.693. The standard InChI is InChI=1S/C24H32N6O3/c31-21(9-3-8-20-26-19-7-2-1-6-18(19)22(32)27-20)30-13-10-16(11-14-30)23-28-29-24(33-23)17-5-4-12-25-15-17/h4-5,12,15-16,18-20,26H,1-3,6-11,13-14H2,(H,27,32). The van der Waals surface area contributed by atoms with Crippen molar-refractivity contribution in [3.05, 3.63) is 30.4 Å². The highest BCUT2D eigenvalue weighted by Crippen LogP contribution is 2.30. The van der Waals surface area contributed by atoms with E-state index in [1.807, 2.05) is 17.0 Å². The van der Waals surface area contributed by atoms with E-state index in [2.05, 4.69) is 25.8 Å². The number of fused-ring (bicyclic) bond motifs is 1. The van der Waals surface area contributed by atoms with E-state index in [9.17, 15) is 9.59 Å². The maximum Gasteiger partial charge on any atom is 0.249 e. The van der Waals surface area contributed by atoms with Gasteiger partial charge in [0.1, 0.15) is 0 Å². The zero-order valence-corrected chi connectivity index (χ0v) is 18.9. The lowest BCUT2D eigenvalue weighted by atomic mass is 9.82. The van der Waals surface area contributed by atoms with Gasteiger partial charge in [0.2, 0.25) is 23.6 Å². The Balaban J connectivity index is 1.05. The van der Waals surface area contributed by atoms with Crippen molar-refractivity contribution in [2.75, 3.05) is 13.1 Å². The molecule has 2 N–H and O–H groups in total. The van der Waals surface area contributed by atoms with Crippen LogP contribution in [0.25, 0.3) is 11.5 Å². The van der Waals surface area contributed by atoms with Crippen LogP contribution in [-0.2, 0) is 9.59 Å². The number of carbonyl (C=O) groups excluding carboxylic acids is 2. The highest BCUT2D eigenvalue weighted by atomic mass is 16.4. The number of piperidine rings is 1. The molecule has 9 nitrogen and oxygen atoms in total. The molecule has 2 aromatic rings. The lowest BCUT2D eigenvalue weighted by Crippen LogP contribution is -2.62. The fourth-order valence-electron chi connectivity index (χ4n) is 5.38. The van der Waals surface area contributed by atoms with Crippen LogP contribution < -0.4 is 10.6 Å².